The molecule has 6 heteroatoms. The summed E-state index contributed by atoms with van der Waals surface area (Å²) in [5.41, 5.74) is 1.79. The number of piperidine rings is 1. The molecule has 0 spiro atoms. The van der Waals surface area contributed by atoms with Gasteiger partial charge < -0.3 is 14.9 Å². The van der Waals surface area contributed by atoms with Gasteiger partial charge in [0.2, 0.25) is 0 Å². The van der Waals surface area contributed by atoms with Crippen molar-refractivity contribution in [1.29, 1.82) is 0 Å². The fourth-order valence-corrected chi connectivity index (χ4v) is 4.15. The second-order valence-corrected chi connectivity index (χ2v) is 7.82. The van der Waals surface area contributed by atoms with Gasteiger partial charge in [0.05, 0.1) is 0 Å². The van der Waals surface area contributed by atoms with E-state index >= 15 is 0 Å². The lowest BCUT2D eigenvalue weighted by molar-refractivity contribution is -0.137. The smallest absolute Gasteiger partial charge is 0.303 e. The van der Waals surface area contributed by atoms with Crippen LogP contribution in [0.15, 0.2) is 48.5 Å². The van der Waals surface area contributed by atoms with Gasteiger partial charge in [-0.3, -0.25) is 9.59 Å². The zero-order chi connectivity index (χ0) is 21.0. The van der Waals surface area contributed by atoms with Gasteiger partial charge in [-0.05, 0) is 56.6 Å². The minimum Gasteiger partial charge on any atom is -0.481 e. The monoisotopic (exact) mass is 398 g/mol. The zero-order valence-corrected chi connectivity index (χ0v) is 16.8. The maximum atomic E-state index is 14.0. The van der Waals surface area contributed by atoms with E-state index in [-0.39, 0.29) is 30.1 Å². The summed E-state index contributed by atoms with van der Waals surface area (Å²) in [4.78, 5) is 27.9. The molecule has 2 atom stereocenters. The Kier molecular flexibility index (Phi) is 6.64. The van der Waals surface area contributed by atoms with Crippen LogP contribution in [0.25, 0.3) is 11.1 Å². The van der Waals surface area contributed by atoms with Crippen molar-refractivity contribution in [3.05, 3.63) is 59.9 Å². The Morgan fingerprint density at radius 1 is 1.14 bits per heavy atom. The van der Waals surface area contributed by atoms with E-state index in [4.69, 9.17) is 5.11 Å². The predicted octanol–water partition coefficient (Wildman–Crippen LogP) is 3.75. The number of amides is 1. The van der Waals surface area contributed by atoms with E-state index in [1.165, 1.54) is 6.07 Å². The van der Waals surface area contributed by atoms with Crippen molar-refractivity contribution >= 4 is 11.9 Å². The molecule has 1 heterocycles. The molecular weight excluding hydrogens is 371 g/mol. The molecule has 2 aromatic carbocycles. The third-order valence-corrected chi connectivity index (χ3v) is 5.69. The summed E-state index contributed by atoms with van der Waals surface area (Å²) in [7, 11) is 3.99. The highest BCUT2D eigenvalue weighted by Crippen LogP contribution is 2.27. The Hall–Kier alpha value is -2.73. The third-order valence-electron chi connectivity index (χ3n) is 5.69. The summed E-state index contributed by atoms with van der Waals surface area (Å²) in [5, 5.41) is 9.04. The molecule has 0 unspecified atom stereocenters. The summed E-state index contributed by atoms with van der Waals surface area (Å²) in [6.07, 6.45) is 1.47. The fraction of sp³-hybridized carbons (Fsp3) is 0.391. The molecule has 3 rings (SSSR count). The van der Waals surface area contributed by atoms with E-state index < -0.39 is 5.97 Å². The quantitative estimate of drug-likeness (QED) is 0.805. The summed E-state index contributed by atoms with van der Waals surface area (Å²) < 4.78 is 14.0. The van der Waals surface area contributed by atoms with Gasteiger partial charge in [-0.25, -0.2) is 4.39 Å². The Morgan fingerprint density at radius 2 is 1.83 bits per heavy atom. The number of nitrogens with zero attached hydrogens (tertiary/aromatic N) is 2. The average molecular weight is 398 g/mol. The van der Waals surface area contributed by atoms with Crippen molar-refractivity contribution in [3.63, 3.8) is 0 Å². The van der Waals surface area contributed by atoms with Crippen molar-refractivity contribution in [2.45, 2.75) is 25.3 Å². The highest BCUT2D eigenvalue weighted by molar-refractivity contribution is 5.94. The first kappa shape index (κ1) is 21.0. The number of carbonyl (C=O) groups excluding carboxylic acids is 1. The van der Waals surface area contributed by atoms with Crippen molar-refractivity contribution in [3.8, 4) is 11.1 Å². The van der Waals surface area contributed by atoms with Crippen LogP contribution in [0, 0.1) is 11.7 Å². The van der Waals surface area contributed by atoms with E-state index in [9.17, 15) is 14.0 Å². The molecule has 0 radical (unpaired) electrons. The van der Waals surface area contributed by atoms with E-state index in [2.05, 4.69) is 4.90 Å². The van der Waals surface area contributed by atoms with E-state index in [1.807, 2.05) is 19.0 Å². The highest BCUT2D eigenvalue weighted by atomic mass is 19.1. The van der Waals surface area contributed by atoms with E-state index in [0.717, 1.165) is 12.0 Å². The van der Waals surface area contributed by atoms with Gasteiger partial charge in [-0.2, -0.15) is 0 Å². The SMILES string of the molecule is CN(C)[C@H]1CCN(C(=O)c2ccc(-c3ccccc3F)cc2)C[C@H]1CCC(=O)O. The van der Waals surface area contributed by atoms with Gasteiger partial charge in [0.25, 0.3) is 5.91 Å². The number of carboxylic acid groups (broad SMARTS) is 1. The minimum absolute atomic E-state index is 0.0670. The summed E-state index contributed by atoms with van der Waals surface area (Å²) in [6.45, 7) is 1.18. The van der Waals surface area contributed by atoms with Gasteiger partial charge in [-0.15, -0.1) is 0 Å². The topological polar surface area (TPSA) is 60.9 Å². The third kappa shape index (κ3) is 5.01. The first-order chi connectivity index (χ1) is 13.9. The van der Waals surface area contributed by atoms with Crippen LogP contribution in [0.1, 0.15) is 29.6 Å². The predicted molar refractivity (Wildman–Crippen MR) is 110 cm³/mol. The number of hydrogen-bond donors (Lipinski definition) is 1. The largest absolute Gasteiger partial charge is 0.481 e. The van der Waals surface area contributed by atoms with Crippen molar-refractivity contribution in [1.82, 2.24) is 9.80 Å². The molecule has 0 saturated carbocycles. The van der Waals surface area contributed by atoms with Crippen LogP contribution in [0.3, 0.4) is 0 Å². The molecule has 0 aliphatic carbocycles. The second-order valence-electron chi connectivity index (χ2n) is 7.82. The van der Waals surface area contributed by atoms with E-state index in [1.54, 1.807) is 42.5 Å². The molecule has 0 aromatic heterocycles. The molecule has 0 bridgehead atoms. The van der Waals surface area contributed by atoms with Gasteiger partial charge in [-0.1, -0.05) is 30.3 Å². The van der Waals surface area contributed by atoms with Gasteiger partial charge >= 0.3 is 5.97 Å². The van der Waals surface area contributed by atoms with Crippen molar-refractivity contribution in [2.24, 2.45) is 5.92 Å². The fourth-order valence-electron chi connectivity index (χ4n) is 4.15. The number of halogens is 1. The zero-order valence-electron chi connectivity index (χ0n) is 16.8. The van der Waals surface area contributed by atoms with Gasteiger partial charge in [0.15, 0.2) is 0 Å². The Bertz CT molecular complexity index is 867. The normalized spacial score (nSPS) is 19.4. The lowest BCUT2D eigenvalue weighted by Gasteiger charge is -2.41. The minimum atomic E-state index is -0.810. The molecule has 154 valence electrons. The Balaban J connectivity index is 1.72. The molecule has 29 heavy (non-hydrogen) atoms. The summed E-state index contributed by atoms with van der Waals surface area (Å²) in [6, 6.07) is 13.8. The average Bonchev–Trinajstić information content (AvgIpc) is 2.72. The number of carbonyl (C=O) groups is 2. The summed E-state index contributed by atoms with van der Waals surface area (Å²) >= 11 is 0. The Labute approximate surface area is 170 Å². The van der Waals surface area contributed by atoms with Crippen LogP contribution in [0.4, 0.5) is 4.39 Å². The number of rotatable bonds is 6. The first-order valence-electron chi connectivity index (χ1n) is 9.89. The summed E-state index contributed by atoms with van der Waals surface area (Å²) in [5.74, 6) is -1.05. The second kappa shape index (κ2) is 9.18. The number of likely N-dealkylation sites (tertiary alicyclic amines) is 1. The molecule has 1 N–H and O–H groups in total. The molecule has 5 nitrogen and oxygen atoms in total. The number of hydrogen-bond acceptors (Lipinski definition) is 3. The van der Waals surface area contributed by atoms with Crippen LogP contribution >= 0.6 is 0 Å². The van der Waals surface area contributed by atoms with Crippen LogP contribution in [-0.4, -0.2) is 60.0 Å². The molecule has 2 aromatic rings. The maximum absolute atomic E-state index is 14.0. The number of carboxylic acids is 1. The van der Waals surface area contributed by atoms with Gasteiger partial charge in [0.1, 0.15) is 5.82 Å². The molecule has 1 saturated heterocycles. The number of aliphatic carboxylic acids is 1. The van der Waals surface area contributed by atoms with Crippen LogP contribution in [0.2, 0.25) is 0 Å². The van der Waals surface area contributed by atoms with Gasteiger partial charge in [0, 0.05) is 36.7 Å². The number of benzene rings is 2. The van der Waals surface area contributed by atoms with Crippen molar-refractivity contribution in [2.75, 3.05) is 27.2 Å². The van der Waals surface area contributed by atoms with Crippen LogP contribution in [0.5, 0.6) is 0 Å². The first-order valence-corrected chi connectivity index (χ1v) is 9.89. The van der Waals surface area contributed by atoms with Crippen LogP contribution < -0.4 is 0 Å². The molecule has 1 amide bonds. The molecular formula is C23H27FN2O3. The molecule has 1 fully saturated rings. The lowest BCUT2D eigenvalue weighted by atomic mass is 9.87. The standard InChI is InChI=1S/C23H27FN2O3/c1-25(2)21-13-14-26(15-18(21)11-12-22(27)28)23(29)17-9-7-16(8-10-17)19-5-3-4-6-20(19)24/h3-10,18,21H,11-15H2,1-2H3,(H,27,28)/t18-,21+/m1/s1. The van der Waals surface area contributed by atoms with Crippen molar-refractivity contribution < 1.29 is 19.1 Å². The molecule has 1 aliphatic rings. The lowest BCUT2D eigenvalue weighted by Crippen LogP contribution is -2.50. The maximum Gasteiger partial charge on any atom is 0.303 e. The van der Waals surface area contributed by atoms with E-state index in [0.29, 0.717) is 30.6 Å². The highest BCUT2D eigenvalue weighted by Gasteiger charge is 2.33. The molecule has 1 aliphatic heterocycles. The van der Waals surface area contributed by atoms with Crippen LogP contribution in [-0.2, 0) is 4.79 Å². The Morgan fingerprint density at radius 3 is 2.45 bits per heavy atom.